The molecule has 94 valence electrons. The summed E-state index contributed by atoms with van der Waals surface area (Å²) in [6.45, 7) is 0.472. The van der Waals surface area contributed by atoms with E-state index in [9.17, 15) is 9.59 Å². The fourth-order valence-electron chi connectivity index (χ4n) is 1.01. The van der Waals surface area contributed by atoms with Crippen molar-refractivity contribution in [2.75, 3.05) is 6.54 Å². The van der Waals surface area contributed by atoms with Crippen molar-refractivity contribution in [1.82, 2.24) is 15.6 Å². The van der Waals surface area contributed by atoms with Gasteiger partial charge in [-0.15, -0.1) is 11.3 Å². The second-order valence-corrected chi connectivity index (χ2v) is 4.19. The first-order valence-corrected chi connectivity index (χ1v) is 5.77. The van der Waals surface area contributed by atoms with Gasteiger partial charge in [-0.2, -0.15) is 0 Å². The van der Waals surface area contributed by atoms with Crippen molar-refractivity contribution < 1.29 is 19.8 Å². The molecule has 0 aliphatic carbocycles. The van der Waals surface area contributed by atoms with Crippen LogP contribution in [-0.4, -0.2) is 39.8 Å². The summed E-state index contributed by atoms with van der Waals surface area (Å²) in [6.07, 6.45) is 0.180. The summed E-state index contributed by atoms with van der Waals surface area (Å²) in [6, 6.07) is -0.406. The molecule has 0 saturated heterocycles. The van der Waals surface area contributed by atoms with Crippen molar-refractivity contribution in [1.29, 1.82) is 0 Å². The Balaban J connectivity index is 2.11. The highest BCUT2D eigenvalue weighted by Gasteiger charge is 2.12. The number of carboxylic acid groups (broad SMARTS) is 1. The van der Waals surface area contributed by atoms with Gasteiger partial charge in [-0.3, -0.25) is 4.98 Å². The number of thiazole rings is 1. The van der Waals surface area contributed by atoms with E-state index in [0.29, 0.717) is 6.54 Å². The average Bonchev–Trinajstić information content (AvgIpc) is 2.78. The largest absolute Gasteiger partial charge is 0.479 e. The Morgan fingerprint density at radius 2 is 2.24 bits per heavy atom. The molecule has 1 heterocycles. The monoisotopic (exact) mass is 259 g/mol. The summed E-state index contributed by atoms with van der Waals surface area (Å²) in [4.78, 5) is 26.3. The van der Waals surface area contributed by atoms with Gasteiger partial charge in [-0.05, 0) is 0 Å². The topological polar surface area (TPSA) is 112 Å². The average molecular weight is 259 g/mol. The Bertz CT molecular complexity index is 368. The second-order valence-electron chi connectivity index (χ2n) is 3.22. The molecule has 0 bridgehead atoms. The van der Waals surface area contributed by atoms with Gasteiger partial charge >= 0.3 is 12.0 Å². The van der Waals surface area contributed by atoms with Crippen LogP contribution in [0, 0.1) is 0 Å². The van der Waals surface area contributed by atoms with Crippen LogP contribution in [0.25, 0.3) is 0 Å². The molecule has 1 rings (SSSR count). The van der Waals surface area contributed by atoms with Gasteiger partial charge in [0, 0.05) is 24.0 Å². The summed E-state index contributed by atoms with van der Waals surface area (Å²) < 4.78 is 0. The maximum Gasteiger partial charge on any atom is 0.332 e. The van der Waals surface area contributed by atoms with Gasteiger partial charge in [0.1, 0.15) is 0 Å². The third-order valence-electron chi connectivity index (χ3n) is 1.90. The molecule has 7 nitrogen and oxygen atoms in total. The van der Waals surface area contributed by atoms with E-state index < -0.39 is 18.1 Å². The summed E-state index contributed by atoms with van der Waals surface area (Å²) in [7, 11) is 0. The molecule has 0 spiro atoms. The fourth-order valence-corrected chi connectivity index (χ4v) is 1.54. The standard InChI is InChI=1S/C9H13N3O4S/c13-7(8(14)15)1-2-11-9(16)12-4-6-3-10-5-17-6/h3,5,7,13H,1-2,4H2,(H,14,15)(H2,11,12,16)/t7-/m0/s1. The lowest BCUT2D eigenvalue weighted by molar-refractivity contribution is -0.146. The van der Waals surface area contributed by atoms with E-state index in [4.69, 9.17) is 10.2 Å². The zero-order valence-corrected chi connectivity index (χ0v) is 9.74. The molecular weight excluding hydrogens is 246 g/mol. The van der Waals surface area contributed by atoms with Crippen LogP contribution in [0.15, 0.2) is 11.7 Å². The summed E-state index contributed by atoms with van der Waals surface area (Å²) in [5, 5.41) is 22.4. The van der Waals surface area contributed by atoms with Crippen LogP contribution in [0.3, 0.4) is 0 Å². The molecule has 1 aromatic heterocycles. The summed E-state index contributed by atoms with van der Waals surface area (Å²) >= 11 is 1.43. The first-order chi connectivity index (χ1) is 8.09. The van der Waals surface area contributed by atoms with Crippen molar-refractivity contribution in [2.24, 2.45) is 0 Å². The molecule has 0 radical (unpaired) electrons. The number of hydrogen-bond acceptors (Lipinski definition) is 5. The third-order valence-corrected chi connectivity index (χ3v) is 2.67. The fraction of sp³-hybridized carbons (Fsp3) is 0.444. The number of urea groups is 1. The Morgan fingerprint density at radius 3 is 2.82 bits per heavy atom. The molecule has 4 N–H and O–H groups in total. The third kappa shape index (κ3) is 5.27. The van der Waals surface area contributed by atoms with E-state index >= 15 is 0 Å². The maximum atomic E-state index is 11.2. The minimum Gasteiger partial charge on any atom is -0.479 e. The lowest BCUT2D eigenvalue weighted by Gasteiger charge is -2.08. The lowest BCUT2D eigenvalue weighted by Crippen LogP contribution is -2.37. The van der Waals surface area contributed by atoms with Crippen molar-refractivity contribution in [3.63, 3.8) is 0 Å². The number of aliphatic hydroxyl groups excluding tert-OH is 1. The van der Waals surface area contributed by atoms with Crippen molar-refractivity contribution >= 4 is 23.3 Å². The number of carboxylic acids is 1. The molecule has 0 aromatic carbocycles. The number of carbonyl (C=O) groups is 2. The number of hydrogen-bond donors (Lipinski definition) is 4. The summed E-state index contributed by atoms with van der Waals surface area (Å²) in [5.74, 6) is -1.29. The highest BCUT2D eigenvalue weighted by atomic mass is 32.1. The van der Waals surface area contributed by atoms with E-state index in [1.807, 2.05) is 0 Å². The number of aromatic nitrogens is 1. The molecule has 8 heteroatoms. The number of carbonyl (C=O) groups excluding carboxylic acids is 1. The van der Waals surface area contributed by atoms with Gasteiger partial charge in [0.2, 0.25) is 0 Å². The van der Waals surface area contributed by atoms with Crippen molar-refractivity contribution in [3.05, 3.63) is 16.6 Å². The molecule has 2 amide bonds. The van der Waals surface area contributed by atoms with Crippen LogP contribution in [-0.2, 0) is 11.3 Å². The lowest BCUT2D eigenvalue weighted by atomic mass is 10.2. The molecule has 0 saturated carbocycles. The van der Waals surface area contributed by atoms with Crippen molar-refractivity contribution in [2.45, 2.75) is 19.1 Å². The predicted octanol–water partition coefficient (Wildman–Crippen LogP) is -0.222. The molecule has 1 aromatic rings. The molecule has 0 fully saturated rings. The molecular formula is C9H13N3O4S. The zero-order chi connectivity index (χ0) is 12.7. The highest BCUT2D eigenvalue weighted by molar-refractivity contribution is 7.09. The normalized spacial score (nSPS) is 11.8. The minimum atomic E-state index is -1.45. The Hall–Kier alpha value is -1.67. The summed E-state index contributed by atoms with van der Waals surface area (Å²) in [5.41, 5.74) is 1.66. The van der Waals surface area contributed by atoms with Crippen LogP contribution in [0.1, 0.15) is 11.3 Å². The van der Waals surface area contributed by atoms with Crippen LogP contribution >= 0.6 is 11.3 Å². The van der Waals surface area contributed by atoms with Gasteiger partial charge in [-0.25, -0.2) is 9.59 Å². The minimum absolute atomic E-state index is 0.0245. The van der Waals surface area contributed by atoms with Gasteiger partial charge in [-0.1, -0.05) is 0 Å². The smallest absolute Gasteiger partial charge is 0.332 e. The van der Waals surface area contributed by atoms with Crippen LogP contribution in [0.5, 0.6) is 0 Å². The predicted molar refractivity (Wildman–Crippen MR) is 60.6 cm³/mol. The first kappa shape index (κ1) is 13.4. The van der Waals surface area contributed by atoms with E-state index in [1.165, 1.54) is 11.3 Å². The number of rotatable bonds is 6. The van der Waals surface area contributed by atoms with Crippen LogP contribution in [0.4, 0.5) is 4.79 Å². The molecule has 1 atom stereocenters. The van der Waals surface area contributed by atoms with Crippen LogP contribution < -0.4 is 10.6 Å². The van der Waals surface area contributed by atoms with E-state index in [-0.39, 0.29) is 13.0 Å². The molecule has 17 heavy (non-hydrogen) atoms. The Labute approximate surface area is 101 Å². The van der Waals surface area contributed by atoms with Crippen LogP contribution in [0.2, 0.25) is 0 Å². The Morgan fingerprint density at radius 1 is 1.47 bits per heavy atom. The van der Waals surface area contributed by atoms with Gasteiger partial charge in [0.25, 0.3) is 0 Å². The van der Waals surface area contributed by atoms with Gasteiger partial charge in [0.05, 0.1) is 12.1 Å². The van der Waals surface area contributed by atoms with E-state index in [1.54, 1.807) is 11.7 Å². The van der Waals surface area contributed by atoms with E-state index in [2.05, 4.69) is 15.6 Å². The Kier molecular flexibility index (Phi) is 5.37. The van der Waals surface area contributed by atoms with E-state index in [0.717, 1.165) is 4.88 Å². The SMILES string of the molecule is O=C(NCC[C@H](O)C(=O)O)NCc1cncs1. The number of aliphatic carboxylic acids is 1. The number of amides is 2. The van der Waals surface area contributed by atoms with Gasteiger partial charge < -0.3 is 20.8 Å². The van der Waals surface area contributed by atoms with Gasteiger partial charge in [0.15, 0.2) is 6.10 Å². The second kappa shape index (κ2) is 6.81. The number of aliphatic hydroxyl groups is 1. The highest BCUT2D eigenvalue weighted by Crippen LogP contribution is 2.03. The number of nitrogens with zero attached hydrogens (tertiary/aromatic N) is 1. The molecule has 0 aliphatic heterocycles. The maximum absolute atomic E-state index is 11.2. The molecule has 0 unspecified atom stereocenters. The van der Waals surface area contributed by atoms with Crippen molar-refractivity contribution in [3.8, 4) is 0 Å². The quantitative estimate of drug-likeness (QED) is 0.564. The molecule has 0 aliphatic rings. The zero-order valence-electron chi connectivity index (χ0n) is 8.92. The number of nitrogens with one attached hydrogen (secondary N) is 2. The first-order valence-electron chi connectivity index (χ1n) is 4.89.